The fraction of sp³-hybridized carbons (Fsp3) is 0.273. The van der Waals surface area contributed by atoms with Crippen molar-refractivity contribution in [3.05, 3.63) is 35.4 Å². The maximum atomic E-state index is 7.52. The zero-order valence-electron chi connectivity index (χ0n) is 8.42. The molecule has 0 aliphatic rings. The lowest BCUT2D eigenvalue weighted by atomic mass is 10.1. The molecule has 3 heteroatoms. The highest BCUT2D eigenvalue weighted by Gasteiger charge is 2.02. The Morgan fingerprint density at radius 2 is 1.79 bits per heavy atom. The summed E-state index contributed by atoms with van der Waals surface area (Å²) in [7, 11) is 0. The molecule has 2 N–H and O–H groups in total. The summed E-state index contributed by atoms with van der Waals surface area (Å²) in [5, 5.41) is 14.6. The van der Waals surface area contributed by atoms with E-state index in [9.17, 15) is 0 Å². The van der Waals surface area contributed by atoms with Crippen LogP contribution >= 0.6 is 0 Å². The molecule has 0 aliphatic carbocycles. The molecule has 1 rings (SSSR count). The third-order valence-corrected chi connectivity index (χ3v) is 1.88. The van der Waals surface area contributed by atoms with Crippen LogP contribution in [-0.4, -0.2) is 11.8 Å². The molecule has 0 unspecified atom stereocenters. The number of rotatable bonds is 2. The maximum absolute atomic E-state index is 7.52. The fourth-order valence-electron chi connectivity index (χ4n) is 1.10. The lowest BCUT2D eigenvalue weighted by Crippen LogP contribution is -2.08. The Morgan fingerprint density at radius 1 is 1.21 bits per heavy atom. The van der Waals surface area contributed by atoms with Crippen LogP contribution in [0.15, 0.2) is 24.3 Å². The molecular weight excluding hydrogens is 176 g/mol. The van der Waals surface area contributed by atoms with E-state index in [1.54, 1.807) is 0 Å². The summed E-state index contributed by atoms with van der Waals surface area (Å²) in [6.45, 7) is 3.59. The van der Waals surface area contributed by atoms with E-state index in [2.05, 4.69) is 6.92 Å². The molecule has 0 radical (unpaired) electrons. The Balaban J connectivity index is 2.76. The van der Waals surface area contributed by atoms with E-state index < -0.39 is 0 Å². The van der Waals surface area contributed by atoms with Gasteiger partial charge in [0.1, 0.15) is 0 Å². The molecule has 0 heterocycles. The van der Waals surface area contributed by atoms with Gasteiger partial charge in [0.2, 0.25) is 5.90 Å². The van der Waals surface area contributed by atoms with Crippen molar-refractivity contribution in [2.24, 2.45) is 0 Å². The van der Waals surface area contributed by atoms with Crippen LogP contribution in [0.1, 0.15) is 25.0 Å². The fourth-order valence-corrected chi connectivity index (χ4v) is 1.10. The quantitative estimate of drug-likeness (QED) is 0.546. The molecule has 0 spiro atoms. The van der Waals surface area contributed by atoms with Gasteiger partial charge in [0.05, 0.1) is 0 Å². The van der Waals surface area contributed by atoms with Gasteiger partial charge < -0.3 is 4.74 Å². The number of ether oxygens (including phenoxy) is 1. The SMILES string of the molecule is CCc1ccc(C(=N)OC(C)=N)cc1. The minimum absolute atomic E-state index is 0.0279. The average molecular weight is 190 g/mol. The second kappa shape index (κ2) is 4.56. The van der Waals surface area contributed by atoms with E-state index in [0.29, 0.717) is 5.56 Å². The summed E-state index contributed by atoms with van der Waals surface area (Å²) in [6.07, 6.45) is 0.984. The summed E-state index contributed by atoms with van der Waals surface area (Å²) in [6, 6.07) is 7.60. The Morgan fingerprint density at radius 3 is 2.21 bits per heavy atom. The highest BCUT2D eigenvalue weighted by molar-refractivity contribution is 5.98. The molecule has 0 saturated heterocycles. The first-order valence-electron chi connectivity index (χ1n) is 4.54. The average Bonchev–Trinajstić information content (AvgIpc) is 2.17. The molecular formula is C11H14N2O. The lowest BCUT2D eigenvalue weighted by Gasteiger charge is -2.05. The van der Waals surface area contributed by atoms with Crippen LogP contribution in [0.5, 0.6) is 0 Å². The largest absolute Gasteiger partial charge is 0.426 e. The van der Waals surface area contributed by atoms with Gasteiger partial charge in [-0.2, -0.15) is 0 Å². The van der Waals surface area contributed by atoms with Crippen molar-refractivity contribution >= 4 is 11.8 Å². The Hall–Kier alpha value is -1.64. The van der Waals surface area contributed by atoms with E-state index in [4.69, 9.17) is 15.6 Å². The molecule has 1 aromatic rings. The first-order valence-corrected chi connectivity index (χ1v) is 4.54. The Bertz CT molecular complexity index is 341. The molecule has 74 valence electrons. The molecule has 0 saturated carbocycles. The van der Waals surface area contributed by atoms with Crippen molar-refractivity contribution in [1.29, 1.82) is 10.8 Å². The molecule has 0 aliphatic heterocycles. The second-order valence-corrected chi connectivity index (χ2v) is 3.04. The van der Waals surface area contributed by atoms with E-state index >= 15 is 0 Å². The van der Waals surface area contributed by atoms with Gasteiger partial charge >= 0.3 is 0 Å². The van der Waals surface area contributed by atoms with Crippen LogP contribution in [0, 0.1) is 10.8 Å². The zero-order valence-corrected chi connectivity index (χ0v) is 8.42. The summed E-state index contributed by atoms with van der Waals surface area (Å²) in [5.41, 5.74) is 1.93. The van der Waals surface area contributed by atoms with Gasteiger partial charge in [-0.05, 0) is 24.1 Å². The molecule has 14 heavy (non-hydrogen) atoms. The van der Waals surface area contributed by atoms with Crippen molar-refractivity contribution in [2.75, 3.05) is 0 Å². The van der Waals surface area contributed by atoms with E-state index in [1.165, 1.54) is 12.5 Å². The predicted molar refractivity (Wildman–Crippen MR) is 57.1 cm³/mol. The van der Waals surface area contributed by atoms with Crippen LogP contribution in [0.2, 0.25) is 0 Å². The number of aryl methyl sites for hydroxylation is 1. The second-order valence-electron chi connectivity index (χ2n) is 3.04. The summed E-state index contributed by atoms with van der Waals surface area (Å²) < 4.78 is 4.88. The first-order chi connectivity index (χ1) is 6.63. The number of benzene rings is 1. The number of hydrogen-bond donors (Lipinski definition) is 2. The maximum Gasteiger partial charge on any atom is 0.220 e. The van der Waals surface area contributed by atoms with Gasteiger partial charge in [-0.3, -0.25) is 10.8 Å². The van der Waals surface area contributed by atoms with Crippen molar-refractivity contribution in [1.82, 2.24) is 0 Å². The minimum Gasteiger partial charge on any atom is -0.426 e. The van der Waals surface area contributed by atoms with Gasteiger partial charge in [0.25, 0.3) is 0 Å². The lowest BCUT2D eigenvalue weighted by molar-refractivity contribution is 0.532. The standard InChI is InChI=1S/C11H14N2O/c1-3-9-4-6-10(7-5-9)11(13)14-8(2)12/h4-7,12-13H,3H2,1-2H3. The van der Waals surface area contributed by atoms with Crippen molar-refractivity contribution in [3.63, 3.8) is 0 Å². The normalized spacial score (nSPS) is 9.57. The molecule has 0 aromatic heterocycles. The third kappa shape index (κ3) is 2.69. The van der Waals surface area contributed by atoms with Gasteiger partial charge in [-0.25, -0.2) is 0 Å². The number of nitrogens with one attached hydrogen (secondary N) is 2. The minimum atomic E-state index is 0.0279. The first kappa shape index (κ1) is 10.4. The van der Waals surface area contributed by atoms with Crippen LogP contribution < -0.4 is 0 Å². The van der Waals surface area contributed by atoms with Gasteiger partial charge in [-0.1, -0.05) is 19.1 Å². The summed E-state index contributed by atoms with van der Waals surface area (Å²) >= 11 is 0. The van der Waals surface area contributed by atoms with Crippen molar-refractivity contribution in [2.45, 2.75) is 20.3 Å². The topological polar surface area (TPSA) is 56.9 Å². The highest BCUT2D eigenvalue weighted by atomic mass is 16.5. The van der Waals surface area contributed by atoms with E-state index in [-0.39, 0.29) is 11.8 Å². The molecule has 0 atom stereocenters. The van der Waals surface area contributed by atoms with E-state index in [0.717, 1.165) is 6.42 Å². The number of hydrogen-bond acceptors (Lipinski definition) is 3. The summed E-state index contributed by atoms with van der Waals surface area (Å²) in [5.74, 6) is 0.0646. The van der Waals surface area contributed by atoms with Gasteiger partial charge in [-0.15, -0.1) is 0 Å². The molecule has 1 aromatic carbocycles. The smallest absolute Gasteiger partial charge is 0.220 e. The molecule has 3 nitrogen and oxygen atoms in total. The monoisotopic (exact) mass is 190 g/mol. The van der Waals surface area contributed by atoms with Crippen LogP contribution in [-0.2, 0) is 11.2 Å². The van der Waals surface area contributed by atoms with Crippen molar-refractivity contribution in [3.8, 4) is 0 Å². The summed E-state index contributed by atoms with van der Waals surface area (Å²) in [4.78, 5) is 0. The molecule has 0 amide bonds. The molecule has 0 fully saturated rings. The van der Waals surface area contributed by atoms with E-state index in [1.807, 2.05) is 24.3 Å². The van der Waals surface area contributed by atoms with Crippen LogP contribution in [0.25, 0.3) is 0 Å². The zero-order chi connectivity index (χ0) is 10.6. The van der Waals surface area contributed by atoms with Crippen molar-refractivity contribution < 1.29 is 4.74 Å². The Labute approximate surface area is 83.7 Å². The Kier molecular flexibility index (Phi) is 3.40. The highest BCUT2D eigenvalue weighted by Crippen LogP contribution is 2.06. The third-order valence-electron chi connectivity index (χ3n) is 1.88. The van der Waals surface area contributed by atoms with Crippen LogP contribution in [0.4, 0.5) is 0 Å². The van der Waals surface area contributed by atoms with Gasteiger partial charge in [0, 0.05) is 12.5 Å². The van der Waals surface area contributed by atoms with Gasteiger partial charge in [0.15, 0.2) is 5.90 Å². The molecule has 0 bridgehead atoms. The predicted octanol–water partition coefficient (Wildman–Crippen LogP) is 2.59. The van der Waals surface area contributed by atoms with Crippen LogP contribution in [0.3, 0.4) is 0 Å².